The number of pyridine rings is 1. The Balaban J connectivity index is 2.88. The van der Waals surface area contributed by atoms with E-state index in [-0.39, 0.29) is 15.5 Å². The van der Waals surface area contributed by atoms with Crippen LogP contribution in [0.25, 0.3) is 0 Å². The van der Waals surface area contributed by atoms with E-state index in [4.69, 9.17) is 11.6 Å². The lowest BCUT2D eigenvalue weighted by atomic mass is 9.81. The van der Waals surface area contributed by atoms with E-state index in [0.29, 0.717) is 12.5 Å². The van der Waals surface area contributed by atoms with Gasteiger partial charge in [0.25, 0.3) is 0 Å². The molecule has 0 aliphatic rings. The molecular formula is C12H19ClN2O2S. The van der Waals surface area contributed by atoms with E-state index in [1.807, 2.05) is 13.8 Å². The molecule has 1 heterocycles. The molecule has 0 atom stereocenters. The highest BCUT2D eigenvalue weighted by Crippen LogP contribution is 2.26. The first-order valence-electron chi connectivity index (χ1n) is 5.77. The third-order valence-electron chi connectivity index (χ3n) is 3.30. The van der Waals surface area contributed by atoms with Crippen molar-refractivity contribution in [1.29, 1.82) is 0 Å². The normalized spacial score (nSPS) is 13.0. The van der Waals surface area contributed by atoms with Crippen molar-refractivity contribution in [2.24, 2.45) is 11.3 Å². The lowest BCUT2D eigenvalue weighted by Crippen LogP contribution is -2.37. The zero-order chi connectivity index (χ0) is 14.0. The first-order valence-corrected chi connectivity index (χ1v) is 7.63. The van der Waals surface area contributed by atoms with Gasteiger partial charge in [0.15, 0.2) is 0 Å². The minimum atomic E-state index is -3.60. The molecular weight excluding hydrogens is 272 g/mol. The van der Waals surface area contributed by atoms with E-state index < -0.39 is 10.0 Å². The number of sulfonamides is 1. The molecule has 1 aromatic heterocycles. The van der Waals surface area contributed by atoms with Crippen molar-refractivity contribution >= 4 is 21.6 Å². The van der Waals surface area contributed by atoms with Crippen molar-refractivity contribution in [3.8, 4) is 0 Å². The molecule has 4 nitrogen and oxygen atoms in total. The number of nitrogens with zero attached hydrogens (tertiary/aromatic N) is 1. The Hall–Kier alpha value is -0.650. The molecule has 0 fully saturated rings. The van der Waals surface area contributed by atoms with Crippen LogP contribution in [-0.2, 0) is 10.0 Å². The summed E-state index contributed by atoms with van der Waals surface area (Å²) in [5.74, 6) is 0.365. The van der Waals surface area contributed by atoms with E-state index in [2.05, 4.69) is 23.6 Å². The largest absolute Gasteiger partial charge is 0.243 e. The molecule has 0 bridgehead atoms. The Morgan fingerprint density at radius 1 is 1.44 bits per heavy atom. The second-order valence-electron chi connectivity index (χ2n) is 5.26. The summed E-state index contributed by atoms with van der Waals surface area (Å²) in [5.41, 5.74) is -0.123. The lowest BCUT2D eigenvalue weighted by molar-refractivity contribution is 0.252. The van der Waals surface area contributed by atoms with Crippen molar-refractivity contribution in [2.75, 3.05) is 6.54 Å². The van der Waals surface area contributed by atoms with Crippen LogP contribution in [0.1, 0.15) is 27.7 Å². The van der Waals surface area contributed by atoms with E-state index in [9.17, 15) is 8.42 Å². The molecule has 0 aliphatic carbocycles. The fourth-order valence-electron chi connectivity index (χ4n) is 1.13. The highest BCUT2D eigenvalue weighted by atomic mass is 35.5. The van der Waals surface area contributed by atoms with Crippen molar-refractivity contribution in [2.45, 2.75) is 32.6 Å². The molecule has 0 amide bonds. The Bertz CT molecular complexity index is 513. The van der Waals surface area contributed by atoms with Crippen LogP contribution in [0.2, 0.25) is 5.15 Å². The van der Waals surface area contributed by atoms with E-state index >= 15 is 0 Å². The topological polar surface area (TPSA) is 59.1 Å². The lowest BCUT2D eigenvalue weighted by Gasteiger charge is -2.29. The van der Waals surface area contributed by atoms with Gasteiger partial charge in [-0.1, -0.05) is 39.3 Å². The number of halogens is 1. The molecule has 0 unspecified atom stereocenters. The number of hydrogen-bond donors (Lipinski definition) is 1. The summed E-state index contributed by atoms with van der Waals surface area (Å²) in [6, 6.07) is 2.99. The third-order valence-corrected chi connectivity index (χ3v) is 5.14. The van der Waals surface area contributed by atoms with Gasteiger partial charge < -0.3 is 0 Å². The van der Waals surface area contributed by atoms with Gasteiger partial charge in [-0.15, -0.1) is 0 Å². The monoisotopic (exact) mass is 290 g/mol. The molecule has 0 saturated carbocycles. The number of aromatic nitrogens is 1. The van der Waals surface area contributed by atoms with Crippen molar-refractivity contribution in [3.05, 3.63) is 23.5 Å². The van der Waals surface area contributed by atoms with Crippen LogP contribution in [0.15, 0.2) is 23.2 Å². The molecule has 0 spiro atoms. The number of hydrogen-bond acceptors (Lipinski definition) is 3. The Kier molecular flexibility index (Phi) is 4.75. The second-order valence-corrected chi connectivity index (χ2v) is 7.35. The van der Waals surface area contributed by atoms with Crippen molar-refractivity contribution < 1.29 is 8.42 Å². The SMILES string of the molecule is CC(C)C(C)(C)CNS(=O)(=O)c1cccnc1Cl. The van der Waals surface area contributed by atoms with Gasteiger partial charge in [0.05, 0.1) is 0 Å². The smallest absolute Gasteiger partial charge is 0.243 e. The molecule has 18 heavy (non-hydrogen) atoms. The predicted molar refractivity (Wildman–Crippen MR) is 73.1 cm³/mol. The molecule has 6 heteroatoms. The molecule has 102 valence electrons. The van der Waals surface area contributed by atoms with Gasteiger partial charge in [-0.25, -0.2) is 18.1 Å². The second kappa shape index (κ2) is 5.55. The fourth-order valence-corrected chi connectivity index (χ4v) is 2.81. The predicted octanol–water partition coefficient (Wildman–Crippen LogP) is 2.70. The van der Waals surface area contributed by atoms with Crippen LogP contribution < -0.4 is 4.72 Å². The average Bonchev–Trinajstić information content (AvgIpc) is 2.27. The molecule has 1 aromatic rings. The maximum absolute atomic E-state index is 12.1. The highest BCUT2D eigenvalue weighted by molar-refractivity contribution is 7.89. The van der Waals surface area contributed by atoms with Crippen LogP contribution in [0.4, 0.5) is 0 Å². The highest BCUT2D eigenvalue weighted by Gasteiger charge is 2.26. The molecule has 1 rings (SSSR count). The van der Waals surface area contributed by atoms with Gasteiger partial charge in [-0.2, -0.15) is 0 Å². The molecule has 0 saturated heterocycles. The molecule has 0 aromatic carbocycles. The van der Waals surface area contributed by atoms with Crippen LogP contribution in [0.3, 0.4) is 0 Å². The van der Waals surface area contributed by atoms with E-state index in [1.165, 1.54) is 12.3 Å². The van der Waals surface area contributed by atoms with Crippen LogP contribution in [-0.4, -0.2) is 19.9 Å². The van der Waals surface area contributed by atoms with Gasteiger partial charge in [0.2, 0.25) is 10.0 Å². The summed E-state index contributed by atoms with van der Waals surface area (Å²) >= 11 is 5.79. The van der Waals surface area contributed by atoms with Gasteiger partial charge in [0.1, 0.15) is 10.0 Å². The molecule has 0 aliphatic heterocycles. The Labute approximate surface area is 114 Å². The summed E-state index contributed by atoms with van der Waals surface area (Å²) in [7, 11) is -3.60. The number of rotatable bonds is 5. The standard InChI is InChI=1S/C12H19ClN2O2S/c1-9(2)12(3,4)8-15-18(16,17)10-6-5-7-14-11(10)13/h5-7,9,15H,8H2,1-4H3. The van der Waals surface area contributed by atoms with Crippen LogP contribution in [0, 0.1) is 11.3 Å². The first-order chi connectivity index (χ1) is 8.17. The van der Waals surface area contributed by atoms with Gasteiger partial charge in [-0.05, 0) is 23.5 Å². The third kappa shape index (κ3) is 3.67. The molecule has 1 N–H and O–H groups in total. The summed E-state index contributed by atoms with van der Waals surface area (Å²) in [5, 5.41) is -0.00708. The van der Waals surface area contributed by atoms with E-state index in [0.717, 1.165) is 0 Å². The summed E-state index contributed by atoms with van der Waals surface area (Å²) in [4.78, 5) is 3.79. The van der Waals surface area contributed by atoms with Crippen LogP contribution in [0.5, 0.6) is 0 Å². The van der Waals surface area contributed by atoms with Gasteiger partial charge in [-0.3, -0.25) is 0 Å². The van der Waals surface area contributed by atoms with Gasteiger partial charge in [0, 0.05) is 12.7 Å². The average molecular weight is 291 g/mol. The minimum Gasteiger partial charge on any atom is -0.243 e. The number of nitrogens with one attached hydrogen (secondary N) is 1. The fraction of sp³-hybridized carbons (Fsp3) is 0.583. The Morgan fingerprint density at radius 2 is 2.06 bits per heavy atom. The summed E-state index contributed by atoms with van der Waals surface area (Å²) < 4.78 is 26.8. The van der Waals surface area contributed by atoms with Crippen LogP contribution >= 0.6 is 11.6 Å². The van der Waals surface area contributed by atoms with Gasteiger partial charge >= 0.3 is 0 Å². The first kappa shape index (κ1) is 15.4. The maximum atomic E-state index is 12.1. The van der Waals surface area contributed by atoms with Crippen molar-refractivity contribution in [3.63, 3.8) is 0 Å². The summed E-state index contributed by atoms with van der Waals surface area (Å²) in [6.45, 7) is 8.52. The Morgan fingerprint density at radius 3 is 2.56 bits per heavy atom. The van der Waals surface area contributed by atoms with E-state index in [1.54, 1.807) is 6.07 Å². The zero-order valence-electron chi connectivity index (χ0n) is 11.1. The van der Waals surface area contributed by atoms with Crippen molar-refractivity contribution in [1.82, 2.24) is 9.71 Å². The maximum Gasteiger partial charge on any atom is 0.243 e. The molecule has 0 radical (unpaired) electrons. The summed E-state index contributed by atoms with van der Waals surface area (Å²) in [6.07, 6.45) is 1.46. The minimum absolute atomic E-state index is 0.00708. The quantitative estimate of drug-likeness (QED) is 0.848. The zero-order valence-corrected chi connectivity index (χ0v) is 12.6.